The molecule has 280 valence electrons. The summed E-state index contributed by atoms with van der Waals surface area (Å²) in [7, 11) is 0. The van der Waals surface area contributed by atoms with Crippen molar-refractivity contribution in [3.05, 3.63) is 191 Å². The number of aromatic nitrogens is 2. The molecule has 3 aromatic heterocycles. The molecule has 0 amide bonds. The maximum absolute atomic E-state index is 2.66. The van der Waals surface area contributed by atoms with Gasteiger partial charge < -0.3 is 9.13 Å². The van der Waals surface area contributed by atoms with E-state index in [9.17, 15) is 0 Å². The van der Waals surface area contributed by atoms with Crippen molar-refractivity contribution in [2.24, 2.45) is 5.41 Å². The van der Waals surface area contributed by atoms with Gasteiger partial charge >= 0.3 is 0 Å². The molecule has 0 saturated carbocycles. The fourth-order valence-corrected chi connectivity index (χ4v) is 12.0. The fraction of sp³-hybridized carbons (Fsp3) is 0.164. The van der Waals surface area contributed by atoms with Crippen LogP contribution in [0.1, 0.15) is 78.8 Å². The third kappa shape index (κ3) is 4.90. The first-order chi connectivity index (χ1) is 28.4. The van der Waals surface area contributed by atoms with E-state index in [-0.39, 0.29) is 11.5 Å². The monoisotopic (exact) mass is 764 g/mol. The average molecular weight is 765 g/mol. The molecule has 4 aliphatic rings. The second-order valence-corrected chi connectivity index (χ2v) is 18.3. The van der Waals surface area contributed by atoms with Gasteiger partial charge in [-0.1, -0.05) is 135 Å². The number of benzene rings is 5. The van der Waals surface area contributed by atoms with Crippen molar-refractivity contribution in [1.82, 2.24) is 9.13 Å². The Morgan fingerprint density at radius 2 is 1.50 bits per heavy atom. The molecule has 12 rings (SSSR count). The van der Waals surface area contributed by atoms with E-state index in [1.807, 2.05) is 11.3 Å². The maximum atomic E-state index is 2.66. The molecule has 2 nitrogen and oxygen atoms in total. The number of para-hydroxylation sites is 1. The van der Waals surface area contributed by atoms with Gasteiger partial charge in [0.15, 0.2) is 0 Å². The van der Waals surface area contributed by atoms with Crippen LogP contribution in [0, 0.1) is 5.41 Å². The van der Waals surface area contributed by atoms with E-state index in [4.69, 9.17) is 0 Å². The van der Waals surface area contributed by atoms with Crippen LogP contribution in [0.25, 0.3) is 77.3 Å². The quantitative estimate of drug-likeness (QED) is 0.169. The van der Waals surface area contributed by atoms with E-state index in [2.05, 4.69) is 200 Å². The molecular formula is C55H44N2S. The number of rotatable bonds is 4. The standard InChI is InChI=1S/C55H44N2S/c1-34-14-11-22-43-46-32-50-45(33-51(46)58-54(34)43)44-30-38(25-26-49(44)57(50)52-24-13-19-40-18-9-10-27-55(40,52)3)39-28-35(2)53-47(31-39)42-21-7-8-23-48(42)56(53)41-20-12-17-37(29-41)36-15-5-4-6-16-36/h4-13,15-27,29-35,52H,14,28H2,1-3H3. The highest BCUT2D eigenvalue weighted by molar-refractivity contribution is 7.19. The zero-order valence-corrected chi connectivity index (χ0v) is 33.9. The molecule has 4 unspecified atom stereocenters. The first-order valence-electron chi connectivity index (χ1n) is 20.9. The highest BCUT2D eigenvalue weighted by Crippen LogP contribution is 2.51. The van der Waals surface area contributed by atoms with Crippen LogP contribution in [-0.4, -0.2) is 9.13 Å². The van der Waals surface area contributed by atoms with Crippen LogP contribution >= 0.6 is 11.3 Å². The Morgan fingerprint density at radius 1 is 0.655 bits per heavy atom. The van der Waals surface area contributed by atoms with E-state index in [1.54, 1.807) is 0 Å². The number of hydrogen-bond donors (Lipinski definition) is 0. The van der Waals surface area contributed by atoms with Gasteiger partial charge in [0.25, 0.3) is 0 Å². The smallest absolute Gasteiger partial charge is 0.0654 e. The summed E-state index contributed by atoms with van der Waals surface area (Å²) >= 11 is 2.00. The molecule has 3 heteroatoms. The highest BCUT2D eigenvalue weighted by Gasteiger charge is 2.38. The molecule has 5 aromatic carbocycles. The van der Waals surface area contributed by atoms with Crippen LogP contribution in [0.3, 0.4) is 0 Å². The maximum Gasteiger partial charge on any atom is 0.0654 e. The van der Waals surface area contributed by atoms with Gasteiger partial charge in [0.05, 0.1) is 17.1 Å². The molecule has 0 saturated heterocycles. The average Bonchev–Trinajstić information content (AvgIpc) is 3.91. The minimum absolute atomic E-state index is 0.143. The van der Waals surface area contributed by atoms with Crippen LogP contribution in [0.5, 0.6) is 0 Å². The number of nitrogens with zero attached hydrogens (tertiary/aromatic N) is 2. The normalized spacial score (nSPS) is 22.1. The Balaban J connectivity index is 1.05. The van der Waals surface area contributed by atoms with E-state index in [1.165, 1.54) is 98.0 Å². The predicted molar refractivity (Wildman–Crippen MR) is 249 cm³/mol. The second-order valence-electron chi connectivity index (χ2n) is 17.2. The summed E-state index contributed by atoms with van der Waals surface area (Å²) in [5, 5.41) is 5.39. The summed E-state index contributed by atoms with van der Waals surface area (Å²) < 4.78 is 6.59. The molecule has 4 atom stereocenters. The zero-order valence-electron chi connectivity index (χ0n) is 33.1. The third-order valence-corrected chi connectivity index (χ3v) is 15.1. The van der Waals surface area contributed by atoms with Crippen LogP contribution in [0.15, 0.2) is 163 Å². The van der Waals surface area contributed by atoms with Crippen molar-refractivity contribution in [3.63, 3.8) is 0 Å². The molecule has 0 aliphatic heterocycles. The number of allylic oxidation sites excluding steroid dienone is 10. The second kappa shape index (κ2) is 12.7. The van der Waals surface area contributed by atoms with E-state index < -0.39 is 0 Å². The number of fused-ring (bicyclic) bond motifs is 10. The lowest BCUT2D eigenvalue weighted by Gasteiger charge is -2.40. The number of thiophene rings is 1. The number of hydrogen-bond acceptors (Lipinski definition) is 1. The predicted octanol–water partition coefficient (Wildman–Crippen LogP) is 15.4. The van der Waals surface area contributed by atoms with Crippen molar-refractivity contribution in [2.75, 3.05) is 0 Å². The van der Waals surface area contributed by atoms with Gasteiger partial charge in [-0.3, -0.25) is 0 Å². The minimum atomic E-state index is -0.148. The van der Waals surface area contributed by atoms with Crippen LogP contribution in [0.2, 0.25) is 0 Å². The SMILES string of the molecule is CC1CC=Cc2c1sc1cc3c4cc(C5=Cc6c(n(-c7cccc(-c8ccccc8)c7)c7ccccc67)C(C)C5)ccc4n(C4C=CC=C5C=CC=CC54C)c3cc21. The van der Waals surface area contributed by atoms with Crippen molar-refractivity contribution in [1.29, 1.82) is 0 Å². The van der Waals surface area contributed by atoms with Gasteiger partial charge in [-0.15, -0.1) is 11.3 Å². The summed E-state index contributed by atoms with van der Waals surface area (Å²) in [6, 6.07) is 41.3. The molecule has 4 aliphatic carbocycles. The van der Waals surface area contributed by atoms with Crippen molar-refractivity contribution >= 4 is 71.9 Å². The Kier molecular flexibility index (Phi) is 7.41. The third-order valence-electron chi connectivity index (χ3n) is 13.7. The Bertz CT molecular complexity index is 3220. The molecule has 0 bridgehead atoms. The molecule has 8 aromatic rings. The topological polar surface area (TPSA) is 9.86 Å². The van der Waals surface area contributed by atoms with E-state index in [0.29, 0.717) is 11.8 Å². The lowest BCUT2D eigenvalue weighted by Crippen LogP contribution is -2.31. The van der Waals surface area contributed by atoms with Crippen LogP contribution in [0.4, 0.5) is 0 Å². The summed E-state index contributed by atoms with van der Waals surface area (Å²) in [6.45, 7) is 7.21. The van der Waals surface area contributed by atoms with Crippen molar-refractivity contribution in [3.8, 4) is 16.8 Å². The Morgan fingerprint density at radius 3 is 2.41 bits per heavy atom. The molecule has 0 fully saturated rings. The molecule has 0 spiro atoms. The summed E-state index contributed by atoms with van der Waals surface area (Å²) in [4.78, 5) is 1.53. The molecule has 58 heavy (non-hydrogen) atoms. The van der Waals surface area contributed by atoms with Crippen molar-refractivity contribution in [2.45, 2.75) is 51.5 Å². The van der Waals surface area contributed by atoms with E-state index >= 15 is 0 Å². The molecule has 3 heterocycles. The fourth-order valence-electron chi connectivity index (χ4n) is 10.7. The molecular weight excluding hydrogens is 721 g/mol. The van der Waals surface area contributed by atoms with Gasteiger partial charge in [0.2, 0.25) is 0 Å². The Hall–Kier alpha value is -6.16. The van der Waals surface area contributed by atoms with Gasteiger partial charge in [-0.2, -0.15) is 0 Å². The lowest BCUT2D eigenvalue weighted by molar-refractivity contribution is 0.378. The van der Waals surface area contributed by atoms with Crippen LogP contribution < -0.4 is 0 Å². The first kappa shape index (κ1) is 33.9. The molecule has 0 N–H and O–H groups in total. The van der Waals surface area contributed by atoms with Gasteiger partial charge in [0, 0.05) is 64.9 Å². The van der Waals surface area contributed by atoms with Gasteiger partial charge in [0.1, 0.15) is 0 Å². The minimum Gasteiger partial charge on any atom is -0.332 e. The van der Waals surface area contributed by atoms with Crippen LogP contribution in [-0.2, 0) is 0 Å². The zero-order chi connectivity index (χ0) is 38.7. The van der Waals surface area contributed by atoms with Crippen molar-refractivity contribution < 1.29 is 0 Å². The Labute approximate surface area is 343 Å². The summed E-state index contributed by atoms with van der Waals surface area (Å²) in [6.07, 6.45) is 25.5. The molecule has 0 radical (unpaired) electrons. The largest absolute Gasteiger partial charge is 0.332 e. The van der Waals surface area contributed by atoms with E-state index in [0.717, 1.165) is 12.8 Å². The summed E-state index contributed by atoms with van der Waals surface area (Å²) in [5.74, 6) is 0.883. The summed E-state index contributed by atoms with van der Waals surface area (Å²) in [5.41, 5.74) is 15.7. The van der Waals surface area contributed by atoms with Gasteiger partial charge in [-0.25, -0.2) is 0 Å². The van der Waals surface area contributed by atoms with Gasteiger partial charge in [-0.05, 0) is 108 Å². The first-order valence-corrected chi connectivity index (χ1v) is 21.7. The lowest BCUT2D eigenvalue weighted by atomic mass is 9.70. The highest BCUT2D eigenvalue weighted by atomic mass is 32.1.